The SMILES string of the molecule is Fc1ccc(-c2nn3cccnc3c2-c2ccccn2)cc1. The van der Waals surface area contributed by atoms with Crippen LogP contribution in [0.4, 0.5) is 4.39 Å². The Balaban J connectivity index is 2.04. The molecule has 0 bridgehead atoms. The minimum absolute atomic E-state index is 0.273. The summed E-state index contributed by atoms with van der Waals surface area (Å²) >= 11 is 0. The second-order valence-corrected chi connectivity index (χ2v) is 4.83. The molecule has 0 spiro atoms. The predicted molar refractivity (Wildman–Crippen MR) is 81.6 cm³/mol. The van der Waals surface area contributed by atoms with Gasteiger partial charge in [-0.3, -0.25) is 4.98 Å². The number of benzene rings is 1. The summed E-state index contributed by atoms with van der Waals surface area (Å²) in [4.78, 5) is 8.82. The van der Waals surface area contributed by atoms with Crippen molar-refractivity contribution in [3.05, 3.63) is 72.9 Å². The third-order valence-corrected chi connectivity index (χ3v) is 3.43. The molecule has 0 N–H and O–H groups in total. The molecule has 0 aliphatic heterocycles. The topological polar surface area (TPSA) is 43.1 Å². The van der Waals surface area contributed by atoms with Crippen molar-refractivity contribution in [2.45, 2.75) is 0 Å². The van der Waals surface area contributed by atoms with E-state index in [-0.39, 0.29) is 5.82 Å². The fraction of sp³-hybridized carbons (Fsp3) is 0. The summed E-state index contributed by atoms with van der Waals surface area (Å²) in [5.74, 6) is -0.273. The molecule has 0 saturated carbocycles. The second kappa shape index (κ2) is 5.04. The summed E-state index contributed by atoms with van der Waals surface area (Å²) < 4.78 is 14.9. The second-order valence-electron chi connectivity index (χ2n) is 4.83. The first kappa shape index (κ1) is 12.6. The van der Waals surface area contributed by atoms with Gasteiger partial charge in [-0.2, -0.15) is 5.10 Å². The molecule has 5 heteroatoms. The Hall–Kier alpha value is -3.08. The fourth-order valence-electron chi connectivity index (χ4n) is 2.44. The van der Waals surface area contributed by atoms with E-state index >= 15 is 0 Å². The van der Waals surface area contributed by atoms with Crippen LogP contribution in [0.25, 0.3) is 28.2 Å². The van der Waals surface area contributed by atoms with Crippen LogP contribution in [0.3, 0.4) is 0 Å². The molecule has 0 atom stereocenters. The van der Waals surface area contributed by atoms with Gasteiger partial charge >= 0.3 is 0 Å². The van der Waals surface area contributed by atoms with Gasteiger partial charge < -0.3 is 0 Å². The van der Waals surface area contributed by atoms with Crippen molar-refractivity contribution in [3.8, 4) is 22.5 Å². The molecule has 0 saturated heterocycles. The summed E-state index contributed by atoms with van der Waals surface area (Å²) in [5, 5.41) is 4.58. The minimum atomic E-state index is -0.273. The normalized spacial score (nSPS) is 11.0. The lowest BCUT2D eigenvalue weighted by Gasteiger charge is -2.02. The average Bonchev–Trinajstić information content (AvgIpc) is 2.96. The number of hydrogen-bond donors (Lipinski definition) is 0. The number of halogens is 1. The van der Waals surface area contributed by atoms with Gasteiger partial charge in [-0.15, -0.1) is 0 Å². The lowest BCUT2D eigenvalue weighted by molar-refractivity contribution is 0.628. The van der Waals surface area contributed by atoms with Crippen LogP contribution >= 0.6 is 0 Å². The molecule has 106 valence electrons. The Morgan fingerprint density at radius 2 is 1.68 bits per heavy atom. The van der Waals surface area contributed by atoms with Crippen molar-refractivity contribution in [1.82, 2.24) is 19.6 Å². The molecule has 0 radical (unpaired) electrons. The standard InChI is InChI=1S/C17H11FN4/c18-13-7-5-12(6-8-13)16-15(14-4-1-2-9-19-14)17-20-10-3-11-22(17)21-16/h1-11H. The molecular weight excluding hydrogens is 279 g/mol. The molecule has 0 fully saturated rings. The highest BCUT2D eigenvalue weighted by Crippen LogP contribution is 2.32. The smallest absolute Gasteiger partial charge is 0.165 e. The number of fused-ring (bicyclic) bond motifs is 1. The third-order valence-electron chi connectivity index (χ3n) is 3.43. The maximum absolute atomic E-state index is 13.2. The summed E-state index contributed by atoms with van der Waals surface area (Å²) in [5.41, 5.74) is 3.91. The largest absolute Gasteiger partial charge is 0.256 e. The minimum Gasteiger partial charge on any atom is -0.256 e. The van der Waals surface area contributed by atoms with Crippen molar-refractivity contribution in [3.63, 3.8) is 0 Å². The summed E-state index contributed by atoms with van der Waals surface area (Å²) in [6.07, 6.45) is 5.29. The number of nitrogens with zero attached hydrogens (tertiary/aromatic N) is 4. The van der Waals surface area contributed by atoms with Gasteiger partial charge in [-0.1, -0.05) is 6.07 Å². The van der Waals surface area contributed by atoms with Crippen LogP contribution in [-0.2, 0) is 0 Å². The van der Waals surface area contributed by atoms with Crippen molar-refractivity contribution >= 4 is 5.65 Å². The van der Waals surface area contributed by atoms with Crippen molar-refractivity contribution in [1.29, 1.82) is 0 Å². The van der Waals surface area contributed by atoms with E-state index in [0.29, 0.717) is 0 Å². The van der Waals surface area contributed by atoms with Crippen molar-refractivity contribution < 1.29 is 4.39 Å². The fourth-order valence-corrected chi connectivity index (χ4v) is 2.44. The Morgan fingerprint density at radius 3 is 2.45 bits per heavy atom. The molecule has 4 aromatic rings. The molecule has 3 heterocycles. The first-order valence-electron chi connectivity index (χ1n) is 6.83. The monoisotopic (exact) mass is 290 g/mol. The first-order valence-corrected chi connectivity index (χ1v) is 6.83. The highest BCUT2D eigenvalue weighted by atomic mass is 19.1. The van der Waals surface area contributed by atoms with Gasteiger partial charge in [0.25, 0.3) is 0 Å². The number of rotatable bonds is 2. The van der Waals surface area contributed by atoms with E-state index in [1.54, 1.807) is 29.0 Å². The third kappa shape index (κ3) is 2.03. The molecule has 3 aromatic heterocycles. The lowest BCUT2D eigenvalue weighted by atomic mass is 10.0. The quantitative estimate of drug-likeness (QED) is 0.566. The Bertz CT molecular complexity index is 930. The molecule has 0 unspecified atom stereocenters. The Morgan fingerprint density at radius 1 is 0.864 bits per heavy atom. The molecule has 1 aromatic carbocycles. The molecule has 22 heavy (non-hydrogen) atoms. The molecule has 4 rings (SSSR count). The number of aromatic nitrogens is 4. The van der Waals surface area contributed by atoms with Gasteiger partial charge in [-0.05, 0) is 42.5 Å². The highest BCUT2D eigenvalue weighted by Gasteiger charge is 2.17. The van der Waals surface area contributed by atoms with Gasteiger partial charge in [0.2, 0.25) is 0 Å². The lowest BCUT2D eigenvalue weighted by Crippen LogP contribution is -1.88. The Kier molecular flexibility index (Phi) is 2.89. The van der Waals surface area contributed by atoms with E-state index in [2.05, 4.69) is 15.1 Å². The molecule has 0 amide bonds. The zero-order chi connectivity index (χ0) is 14.9. The van der Waals surface area contributed by atoms with Crippen LogP contribution in [0.2, 0.25) is 0 Å². The van der Waals surface area contributed by atoms with Crippen LogP contribution in [0, 0.1) is 5.82 Å². The number of hydrogen-bond acceptors (Lipinski definition) is 3. The maximum atomic E-state index is 13.2. The molecule has 0 aliphatic carbocycles. The first-order chi connectivity index (χ1) is 10.8. The molecular formula is C17H11FN4. The summed E-state index contributed by atoms with van der Waals surface area (Å²) in [6, 6.07) is 13.8. The van der Waals surface area contributed by atoms with Crippen LogP contribution < -0.4 is 0 Å². The van der Waals surface area contributed by atoms with Crippen LogP contribution in [0.5, 0.6) is 0 Å². The summed E-state index contributed by atoms with van der Waals surface area (Å²) in [7, 11) is 0. The maximum Gasteiger partial charge on any atom is 0.165 e. The summed E-state index contributed by atoms with van der Waals surface area (Å²) in [6.45, 7) is 0. The van der Waals surface area contributed by atoms with E-state index < -0.39 is 0 Å². The number of pyridine rings is 1. The zero-order valence-corrected chi connectivity index (χ0v) is 11.5. The van der Waals surface area contributed by atoms with Gasteiger partial charge in [-0.25, -0.2) is 13.9 Å². The van der Waals surface area contributed by atoms with Crippen LogP contribution in [0.15, 0.2) is 67.1 Å². The van der Waals surface area contributed by atoms with E-state index in [0.717, 1.165) is 28.2 Å². The zero-order valence-electron chi connectivity index (χ0n) is 11.5. The van der Waals surface area contributed by atoms with Gasteiger partial charge in [0.05, 0.1) is 11.3 Å². The van der Waals surface area contributed by atoms with Crippen LogP contribution in [-0.4, -0.2) is 19.6 Å². The Labute approximate surface area is 125 Å². The van der Waals surface area contributed by atoms with E-state index in [1.165, 1.54) is 12.1 Å². The van der Waals surface area contributed by atoms with E-state index in [9.17, 15) is 4.39 Å². The van der Waals surface area contributed by atoms with Gasteiger partial charge in [0.1, 0.15) is 11.5 Å². The average molecular weight is 290 g/mol. The van der Waals surface area contributed by atoms with E-state index in [1.807, 2.05) is 30.5 Å². The van der Waals surface area contributed by atoms with Crippen molar-refractivity contribution in [2.75, 3.05) is 0 Å². The van der Waals surface area contributed by atoms with E-state index in [4.69, 9.17) is 0 Å². The van der Waals surface area contributed by atoms with Crippen LogP contribution in [0.1, 0.15) is 0 Å². The van der Waals surface area contributed by atoms with Gasteiger partial charge in [0, 0.05) is 24.2 Å². The molecule has 4 nitrogen and oxygen atoms in total. The highest BCUT2D eigenvalue weighted by molar-refractivity contribution is 5.88. The predicted octanol–water partition coefficient (Wildman–Crippen LogP) is 3.60. The van der Waals surface area contributed by atoms with Gasteiger partial charge in [0.15, 0.2) is 5.65 Å². The molecule has 0 aliphatic rings. The van der Waals surface area contributed by atoms with Crippen molar-refractivity contribution in [2.24, 2.45) is 0 Å².